The number of halogens is 2. The SMILES string of the molecule is O=C1CCN2Cc3c(ccc(F)c3F)C(N3C4COCCN4C(=O)c4c(O)c(=O)ccn43)c3cccc1c32. The van der Waals surface area contributed by atoms with Crippen LogP contribution in [0.25, 0.3) is 0 Å². The molecule has 11 heteroatoms. The second kappa shape index (κ2) is 8.12. The highest BCUT2D eigenvalue weighted by atomic mass is 19.2. The van der Waals surface area contributed by atoms with E-state index in [1.54, 1.807) is 17.1 Å². The van der Waals surface area contributed by atoms with Crippen LogP contribution in [0, 0.1) is 11.6 Å². The van der Waals surface area contributed by atoms with Crippen LogP contribution < -0.4 is 15.3 Å². The van der Waals surface area contributed by atoms with Gasteiger partial charge in [-0.25, -0.2) is 8.78 Å². The second-order valence-electron chi connectivity index (χ2n) is 9.83. The van der Waals surface area contributed by atoms with E-state index < -0.39 is 40.9 Å². The molecule has 0 radical (unpaired) electrons. The Morgan fingerprint density at radius 2 is 1.84 bits per heavy atom. The molecule has 1 N–H and O–H groups in total. The molecule has 0 saturated carbocycles. The smallest absolute Gasteiger partial charge is 0.278 e. The van der Waals surface area contributed by atoms with E-state index in [1.165, 1.54) is 21.8 Å². The number of hydrogen-bond acceptors (Lipinski definition) is 7. The lowest BCUT2D eigenvalue weighted by Crippen LogP contribution is -2.66. The van der Waals surface area contributed by atoms with E-state index in [9.17, 15) is 23.9 Å². The standard InChI is InChI=1S/C27H22F2N4O5/c28-18-5-4-14-17(22(18)29)12-30-8-6-19(34)15-2-1-3-16(23(15)30)24(14)33-21-13-38-11-10-31(21)27(37)25-26(36)20(35)7-9-32(25)33/h1-5,7,9,21,24,36H,6,8,10-13H2. The largest absolute Gasteiger partial charge is 0.502 e. The van der Waals surface area contributed by atoms with Gasteiger partial charge in [0.05, 0.1) is 18.9 Å². The van der Waals surface area contributed by atoms with Crippen molar-refractivity contribution < 1.29 is 28.2 Å². The molecule has 2 unspecified atom stereocenters. The molecule has 1 saturated heterocycles. The van der Waals surface area contributed by atoms with Crippen molar-refractivity contribution in [1.82, 2.24) is 9.58 Å². The minimum absolute atomic E-state index is 0.0483. The summed E-state index contributed by atoms with van der Waals surface area (Å²) < 4.78 is 37.2. The van der Waals surface area contributed by atoms with Crippen molar-refractivity contribution in [3.05, 3.63) is 92.4 Å². The minimum atomic E-state index is -0.986. The van der Waals surface area contributed by atoms with E-state index in [-0.39, 0.29) is 49.8 Å². The van der Waals surface area contributed by atoms with Gasteiger partial charge in [-0.15, -0.1) is 0 Å². The van der Waals surface area contributed by atoms with Crippen LogP contribution in [0.4, 0.5) is 14.5 Å². The van der Waals surface area contributed by atoms with Gasteiger partial charge in [0.25, 0.3) is 5.91 Å². The molecule has 1 fully saturated rings. The fraction of sp³-hybridized carbons (Fsp3) is 0.296. The number of nitrogens with zero attached hydrogens (tertiary/aromatic N) is 4. The molecule has 1 amide bonds. The number of rotatable bonds is 1. The number of carbonyl (C=O) groups excluding carboxylic acids is 2. The van der Waals surface area contributed by atoms with Crippen LogP contribution in [0.15, 0.2) is 47.4 Å². The van der Waals surface area contributed by atoms with Crippen LogP contribution in [0.2, 0.25) is 0 Å². The van der Waals surface area contributed by atoms with Gasteiger partial charge >= 0.3 is 0 Å². The molecule has 0 aliphatic carbocycles. The Morgan fingerprint density at radius 1 is 1.00 bits per heavy atom. The number of pyridine rings is 1. The molecule has 3 aromatic rings. The number of aromatic nitrogens is 1. The zero-order valence-electron chi connectivity index (χ0n) is 20.1. The lowest BCUT2D eigenvalue weighted by Gasteiger charge is -2.51. The van der Waals surface area contributed by atoms with Crippen molar-refractivity contribution in [3.63, 3.8) is 0 Å². The molecule has 9 nitrogen and oxygen atoms in total. The maximum atomic E-state index is 15.5. The Balaban J connectivity index is 1.57. The molecule has 0 bridgehead atoms. The number of carbonyl (C=O) groups is 2. The zero-order chi connectivity index (χ0) is 26.3. The molecule has 194 valence electrons. The lowest BCUT2D eigenvalue weighted by atomic mass is 9.90. The van der Waals surface area contributed by atoms with Crippen LogP contribution in [-0.2, 0) is 11.3 Å². The molecule has 0 spiro atoms. The number of anilines is 1. The monoisotopic (exact) mass is 520 g/mol. The Morgan fingerprint density at radius 3 is 2.68 bits per heavy atom. The molecule has 5 heterocycles. The minimum Gasteiger partial charge on any atom is -0.502 e. The first-order chi connectivity index (χ1) is 18.4. The van der Waals surface area contributed by atoms with Gasteiger partial charge in [-0.2, -0.15) is 0 Å². The van der Waals surface area contributed by atoms with Crippen molar-refractivity contribution in [2.45, 2.75) is 25.2 Å². The number of ketones is 1. The molecule has 4 aliphatic rings. The van der Waals surface area contributed by atoms with Gasteiger partial charge in [-0.3, -0.25) is 24.1 Å². The summed E-state index contributed by atoms with van der Waals surface area (Å²) in [7, 11) is 0. The fourth-order valence-corrected chi connectivity index (χ4v) is 6.20. The first-order valence-corrected chi connectivity index (χ1v) is 12.4. The van der Waals surface area contributed by atoms with E-state index in [0.29, 0.717) is 28.9 Å². The number of hydrogen-bond donors (Lipinski definition) is 1. The molecular formula is C27H22F2N4O5. The van der Waals surface area contributed by atoms with Gasteiger partial charge in [0.15, 0.2) is 28.9 Å². The van der Waals surface area contributed by atoms with Gasteiger partial charge in [-0.05, 0) is 17.7 Å². The highest BCUT2D eigenvalue weighted by Crippen LogP contribution is 2.46. The van der Waals surface area contributed by atoms with Crippen molar-refractivity contribution in [2.24, 2.45) is 0 Å². The number of Topliss-reactive ketones (excluding diaryl/α,β-unsaturated/α-hetero) is 1. The molecule has 2 aromatic carbocycles. The quantitative estimate of drug-likeness (QED) is 0.526. The van der Waals surface area contributed by atoms with E-state index >= 15 is 4.39 Å². The van der Waals surface area contributed by atoms with Crippen molar-refractivity contribution in [1.29, 1.82) is 0 Å². The predicted molar refractivity (Wildman–Crippen MR) is 131 cm³/mol. The van der Waals surface area contributed by atoms with E-state index in [2.05, 4.69) is 0 Å². The average molecular weight is 520 g/mol. The molecule has 38 heavy (non-hydrogen) atoms. The van der Waals surface area contributed by atoms with Gasteiger partial charge in [0.2, 0.25) is 5.43 Å². The number of amides is 1. The van der Waals surface area contributed by atoms with Crippen LogP contribution >= 0.6 is 0 Å². The second-order valence-corrected chi connectivity index (χ2v) is 9.83. The zero-order valence-corrected chi connectivity index (χ0v) is 20.1. The number of para-hydroxylation sites is 1. The summed E-state index contributed by atoms with van der Waals surface area (Å²) in [6.07, 6.45) is 0.940. The predicted octanol–water partition coefficient (Wildman–Crippen LogP) is 2.28. The van der Waals surface area contributed by atoms with E-state index in [1.807, 2.05) is 11.0 Å². The van der Waals surface area contributed by atoms with Crippen LogP contribution in [-0.4, -0.2) is 58.8 Å². The van der Waals surface area contributed by atoms with Crippen molar-refractivity contribution in [2.75, 3.05) is 36.2 Å². The normalized spacial score (nSPS) is 21.9. The molecule has 4 aliphatic heterocycles. The Labute approximate surface area is 215 Å². The summed E-state index contributed by atoms with van der Waals surface area (Å²) in [5.41, 5.74) is 1.42. The number of morpholine rings is 1. The van der Waals surface area contributed by atoms with Crippen molar-refractivity contribution >= 4 is 17.4 Å². The highest BCUT2D eigenvalue weighted by Gasteiger charge is 2.47. The van der Waals surface area contributed by atoms with Crippen molar-refractivity contribution in [3.8, 4) is 5.75 Å². The average Bonchev–Trinajstić information content (AvgIpc) is 3.06. The summed E-state index contributed by atoms with van der Waals surface area (Å²) in [4.78, 5) is 42.2. The molecule has 2 atom stereocenters. The highest BCUT2D eigenvalue weighted by molar-refractivity contribution is 6.04. The Bertz CT molecular complexity index is 1610. The Hall–Kier alpha value is -4.25. The molecule has 1 aromatic heterocycles. The maximum absolute atomic E-state index is 15.5. The molecule has 7 rings (SSSR count). The van der Waals surface area contributed by atoms with E-state index in [0.717, 1.165) is 12.1 Å². The van der Waals surface area contributed by atoms with Gasteiger partial charge < -0.3 is 19.6 Å². The van der Waals surface area contributed by atoms with Crippen LogP contribution in [0.1, 0.15) is 50.0 Å². The third kappa shape index (κ3) is 3.02. The third-order valence-corrected chi connectivity index (χ3v) is 7.90. The molecular weight excluding hydrogens is 498 g/mol. The van der Waals surface area contributed by atoms with Gasteiger partial charge in [0.1, 0.15) is 12.2 Å². The maximum Gasteiger partial charge on any atom is 0.278 e. The number of fused-ring (bicyclic) bond motifs is 3. The summed E-state index contributed by atoms with van der Waals surface area (Å²) in [6.45, 7) is 0.958. The van der Waals surface area contributed by atoms with Crippen LogP contribution in [0.3, 0.4) is 0 Å². The number of benzene rings is 2. The van der Waals surface area contributed by atoms with E-state index in [4.69, 9.17) is 4.74 Å². The lowest BCUT2D eigenvalue weighted by molar-refractivity contribution is -0.0196. The van der Waals surface area contributed by atoms with Gasteiger partial charge in [-0.1, -0.05) is 18.2 Å². The summed E-state index contributed by atoms with van der Waals surface area (Å²) in [6, 6.07) is 8.22. The van der Waals surface area contributed by atoms with Crippen LogP contribution in [0.5, 0.6) is 5.75 Å². The summed E-state index contributed by atoms with van der Waals surface area (Å²) in [5, 5.41) is 12.5. The summed E-state index contributed by atoms with van der Waals surface area (Å²) >= 11 is 0. The first kappa shape index (κ1) is 22.9. The topological polar surface area (TPSA) is 95.3 Å². The first-order valence-electron chi connectivity index (χ1n) is 12.4. The number of aromatic hydroxyl groups is 1. The fourth-order valence-electron chi connectivity index (χ4n) is 6.20. The third-order valence-electron chi connectivity index (χ3n) is 7.90. The Kier molecular flexibility index (Phi) is 4.90. The summed E-state index contributed by atoms with van der Waals surface area (Å²) in [5.74, 6) is -3.24. The number of ether oxygens (including phenoxy) is 1. The van der Waals surface area contributed by atoms with Gasteiger partial charge in [0, 0.05) is 55.0 Å².